The lowest BCUT2D eigenvalue weighted by atomic mass is 9.93. The lowest BCUT2D eigenvalue weighted by molar-refractivity contribution is -0.117. The summed E-state index contributed by atoms with van der Waals surface area (Å²) in [7, 11) is 2.00. The Hall–Kier alpha value is -1.39. The molecule has 2 N–H and O–H groups in total. The van der Waals surface area contributed by atoms with Crippen molar-refractivity contribution in [3.63, 3.8) is 0 Å². The highest BCUT2D eigenvalue weighted by Gasteiger charge is 2.20. The Balaban J connectivity index is 1.72. The summed E-state index contributed by atoms with van der Waals surface area (Å²) >= 11 is 0. The third-order valence-corrected chi connectivity index (χ3v) is 4.18. The van der Waals surface area contributed by atoms with E-state index < -0.39 is 0 Å². The van der Waals surface area contributed by atoms with Crippen LogP contribution in [0.3, 0.4) is 0 Å². The molecule has 1 aliphatic rings. The van der Waals surface area contributed by atoms with Crippen molar-refractivity contribution in [2.75, 3.05) is 38.5 Å². The molecular formula is C17H27N3O. The van der Waals surface area contributed by atoms with Crippen LogP contribution in [0.2, 0.25) is 0 Å². The molecule has 21 heavy (non-hydrogen) atoms. The van der Waals surface area contributed by atoms with Crippen LogP contribution in [0.25, 0.3) is 0 Å². The second-order valence-electron chi connectivity index (χ2n) is 6.03. The molecular weight excluding hydrogens is 262 g/mol. The summed E-state index contributed by atoms with van der Waals surface area (Å²) in [4.78, 5) is 14.3. The van der Waals surface area contributed by atoms with Crippen LogP contribution >= 0.6 is 0 Å². The number of anilines is 1. The maximum absolute atomic E-state index is 12.1. The third kappa shape index (κ3) is 5.48. The zero-order valence-corrected chi connectivity index (χ0v) is 13.2. The molecule has 0 aromatic heterocycles. The number of piperidine rings is 1. The first-order chi connectivity index (χ1) is 10.2. The van der Waals surface area contributed by atoms with Crippen molar-refractivity contribution in [2.45, 2.75) is 26.2 Å². The quantitative estimate of drug-likeness (QED) is 0.844. The number of hydrogen-bond donors (Lipinski definition) is 2. The average molecular weight is 289 g/mol. The first-order valence-electron chi connectivity index (χ1n) is 7.91. The predicted molar refractivity (Wildman–Crippen MR) is 87.5 cm³/mol. The fourth-order valence-corrected chi connectivity index (χ4v) is 2.91. The van der Waals surface area contributed by atoms with Crippen molar-refractivity contribution in [3.8, 4) is 0 Å². The van der Waals surface area contributed by atoms with Crippen LogP contribution in [0.15, 0.2) is 24.3 Å². The third-order valence-electron chi connectivity index (χ3n) is 4.18. The van der Waals surface area contributed by atoms with Crippen molar-refractivity contribution >= 4 is 11.6 Å². The summed E-state index contributed by atoms with van der Waals surface area (Å²) in [5, 5.41) is 6.20. The number of carbonyl (C=O) groups excluding carboxylic acids is 1. The second kappa shape index (κ2) is 8.15. The normalized spacial score (nSPS) is 16.9. The van der Waals surface area contributed by atoms with Gasteiger partial charge in [0.15, 0.2) is 0 Å². The Kier molecular flexibility index (Phi) is 6.21. The molecule has 2 rings (SSSR count). The van der Waals surface area contributed by atoms with Crippen LogP contribution in [-0.4, -0.2) is 44.0 Å². The van der Waals surface area contributed by atoms with E-state index in [9.17, 15) is 4.79 Å². The lowest BCUT2D eigenvalue weighted by Crippen LogP contribution is -2.39. The van der Waals surface area contributed by atoms with Gasteiger partial charge < -0.3 is 10.6 Å². The van der Waals surface area contributed by atoms with Crippen molar-refractivity contribution in [1.82, 2.24) is 10.2 Å². The molecule has 4 nitrogen and oxygen atoms in total. The standard InChI is InChI=1S/C17H27N3O/c1-14-4-3-5-16(12-14)19-17(21)13-20-10-7-15(8-11-20)6-9-18-2/h3-5,12,15,18H,6-11,13H2,1-2H3,(H,19,21). The van der Waals surface area contributed by atoms with E-state index in [0.717, 1.165) is 36.8 Å². The van der Waals surface area contributed by atoms with Gasteiger partial charge in [-0.05, 0) is 76.5 Å². The minimum absolute atomic E-state index is 0.0919. The first-order valence-corrected chi connectivity index (χ1v) is 7.91. The number of likely N-dealkylation sites (tertiary alicyclic amines) is 1. The number of hydrogen-bond acceptors (Lipinski definition) is 3. The summed E-state index contributed by atoms with van der Waals surface area (Å²) in [6.07, 6.45) is 3.67. The van der Waals surface area contributed by atoms with Gasteiger partial charge in [-0.25, -0.2) is 0 Å². The molecule has 116 valence electrons. The van der Waals surface area contributed by atoms with Gasteiger partial charge in [0.25, 0.3) is 0 Å². The van der Waals surface area contributed by atoms with Crippen LogP contribution in [0.4, 0.5) is 5.69 Å². The molecule has 0 saturated carbocycles. The van der Waals surface area contributed by atoms with E-state index in [2.05, 4.69) is 15.5 Å². The largest absolute Gasteiger partial charge is 0.325 e. The monoisotopic (exact) mass is 289 g/mol. The molecule has 0 atom stereocenters. The predicted octanol–water partition coefficient (Wildman–Crippen LogP) is 2.26. The number of nitrogens with zero attached hydrogens (tertiary/aromatic N) is 1. The number of nitrogens with one attached hydrogen (secondary N) is 2. The molecule has 1 heterocycles. The van der Waals surface area contributed by atoms with E-state index in [1.807, 2.05) is 38.2 Å². The fourth-order valence-electron chi connectivity index (χ4n) is 2.91. The molecule has 0 bridgehead atoms. The van der Waals surface area contributed by atoms with Gasteiger partial charge in [-0.15, -0.1) is 0 Å². The lowest BCUT2D eigenvalue weighted by Gasteiger charge is -2.31. The summed E-state index contributed by atoms with van der Waals surface area (Å²) in [5.74, 6) is 0.905. The highest BCUT2D eigenvalue weighted by Crippen LogP contribution is 2.19. The van der Waals surface area contributed by atoms with E-state index >= 15 is 0 Å². The molecule has 0 spiro atoms. The first kappa shape index (κ1) is 16.0. The van der Waals surface area contributed by atoms with Crippen LogP contribution < -0.4 is 10.6 Å². The number of rotatable bonds is 6. The van der Waals surface area contributed by atoms with Gasteiger partial charge in [0.05, 0.1) is 6.54 Å². The van der Waals surface area contributed by atoms with E-state index in [1.54, 1.807) is 0 Å². The minimum Gasteiger partial charge on any atom is -0.325 e. The van der Waals surface area contributed by atoms with E-state index in [-0.39, 0.29) is 5.91 Å². The van der Waals surface area contributed by atoms with E-state index in [1.165, 1.54) is 19.3 Å². The molecule has 1 fully saturated rings. The minimum atomic E-state index is 0.0919. The maximum atomic E-state index is 12.1. The van der Waals surface area contributed by atoms with Crippen molar-refractivity contribution in [3.05, 3.63) is 29.8 Å². The second-order valence-corrected chi connectivity index (χ2v) is 6.03. The Morgan fingerprint density at radius 1 is 1.33 bits per heavy atom. The number of aryl methyl sites for hydroxylation is 1. The van der Waals surface area contributed by atoms with Crippen molar-refractivity contribution in [2.24, 2.45) is 5.92 Å². The Morgan fingerprint density at radius 3 is 2.76 bits per heavy atom. The molecule has 1 aromatic carbocycles. The van der Waals surface area contributed by atoms with Gasteiger partial charge in [0.2, 0.25) is 5.91 Å². The van der Waals surface area contributed by atoms with Gasteiger partial charge in [0.1, 0.15) is 0 Å². The Morgan fingerprint density at radius 2 is 2.10 bits per heavy atom. The fraction of sp³-hybridized carbons (Fsp3) is 0.588. The maximum Gasteiger partial charge on any atom is 0.238 e. The van der Waals surface area contributed by atoms with Gasteiger partial charge in [-0.2, -0.15) is 0 Å². The summed E-state index contributed by atoms with van der Waals surface area (Å²) < 4.78 is 0. The molecule has 1 aromatic rings. The average Bonchev–Trinajstić information content (AvgIpc) is 2.46. The number of benzene rings is 1. The van der Waals surface area contributed by atoms with Crippen molar-refractivity contribution in [1.29, 1.82) is 0 Å². The van der Waals surface area contributed by atoms with Crippen LogP contribution in [0.1, 0.15) is 24.8 Å². The molecule has 0 radical (unpaired) electrons. The summed E-state index contributed by atoms with van der Waals surface area (Å²) in [6, 6.07) is 7.95. The number of carbonyl (C=O) groups is 1. The van der Waals surface area contributed by atoms with E-state index in [0.29, 0.717) is 6.54 Å². The molecule has 1 amide bonds. The highest BCUT2D eigenvalue weighted by molar-refractivity contribution is 5.92. The zero-order chi connectivity index (χ0) is 15.1. The van der Waals surface area contributed by atoms with Crippen LogP contribution in [0, 0.1) is 12.8 Å². The molecule has 4 heteroatoms. The number of amides is 1. The van der Waals surface area contributed by atoms with Crippen LogP contribution in [-0.2, 0) is 4.79 Å². The van der Waals surface area contributed by atoms with Crippen LogP contribution in [0.5, 0.6) is 0 Å². The topological polar surface area (TPSA) is 44.4 Å². The molecule has 0 aliphatic carbocycles. The van der Waals surface area contributed by atoms with Crippen molar-refractivity contribution < 1.29 is 4.79 Å². The molecule has 1 saturated heterocycles. The smallest absolute Gasteiger partial charge is 0.238 e. The Bertz CT molecular complexity index is 453. The zero-order valence-electron chi connectivity index (χ0n) is 13.2. The summed E-state index contributed by atoms with van der Waals surface area (Å²) in [5.41, 5.74) is 2.06. The highest BCUT2D eigenvalue weighted by atomic mass is 16.2. The summed E-state index contributed by atoms with van der Waals surface area (Å²) in [6.45, 7) is 5.71. The van der Waals surface area contributed by atoms with Gasteiger partial charge in [0, 0.05) is 5.69 Å². The Labute approximate surface area is 127 Å². The molecule has 0 unspecified atom stereocenters. The SMILES string of the molecule is CNCCC1CCN(CC(=O)Nc2cccc(C)c2)CC1. The van der Waals surface area contributed by atoms with Gasteiger partial charge in [-0.1, -0.05) is 12.1 Å². The molecule has 1 aliphatic heterocycles. The van der Waals surface area contributed by atoms with Gasteiger partial charge in [-0.3, -0.25) is 9.69 Å². The van der Waals surface area contributed by atoms with E-state index in [4.69, 9.17) is 0 Å². The van der Waals surface area contributed by atoms with Gasteiger partial charge >= 0.3 is 0 Å².